The van der Waals surface area contributed by atoms with E-state index in [2.05, 4.69) is 14.2 Å². The molecule has 2 saturated carbocycles. The number of hydrogen-bond donors (Lipinski definition) is 2. The second kappa shape index (κ2) is 8.91. The maximum Gasteiger partial charge on any atom is 0.197 e. The SMILES string of the molecule is Oc1c2c(c(O)n1C[C@@H]1CCCC[C@H]1CN1CCN(c3nsc4cc(F)ccc34)CC1)C1CCC2C1. The van der Waals surface area contributed by atoms with E-state index >= 15 is 0 Å². The maximum atomic E-state index is 13.6. The fourth-order valence-electron chi connectivity index (χ4n) is 7.72. The lowest BCUT2D eigenvalue weighted by atomic mass is 9.78. The molecular formula is C28H35FN4O2S. The molecule has 1 aliphatic heterocycles. The predicted octanol–water partition coefficient (Wildman–Crippen LogP) is 5.64. The number of nitrogens with zero attached hydrogens (tertiary/aromatic N) is 4. The molecule has 1 saturated heterocycles. The van der Waals surface area contributed by atoms with Gasteiger partial charge in [0.05, 0.1) is 4.70 Å². The van der Waals surface area contributed by atoms with Crippen LogP contribution in [0.1, 0.15) is 67.9 Å². The molecule has 8 heteroatoms. The van der Waals surface area contributed by atoms with Crippen LogP contribution in [0.25, 0.3) is 10.1 Å². The fourth-order valence-corrected chi connectivity index (χ4v) is 8.54. The molecule has 0 spiro atoms. The third-order valence-electron chi connectivity index (χ3n) is 9.60. The molecule has 3 aliphatic carbocycles. The number of anilines is 1. The average molecular weight is 511 g/mol. The third kappa shape index (κ3) is 3.71. The molecule has 3 fully saturated rings. The van der Waals surface area contributed by atoms with Crippen LogP contribution in [0, 0.1) is 17.7 Å². The number of aromatic hydroxyl groups is 2. The van der Waals surface area contributed by atoms with Crippen LogP contribution in [0.4, 0.5) is 10.2 Å². The van der Waals surface area contributed by atoms with Crippen molar-refractivity contribution in [2.45, 2.75) is 63.3 Å². The Morgan fingerprint density at radius 1 is 0.889 bits per heavy atom. The van der Waals surface area contributed by atoms with Crippen molar-refractivity contribution in [2.24, 2.45) is 11.8 Å². The standard InChI is InChI=1S/C28H35FN4O2S/c29-21-7-8-22-23(14-21)36-30-26(22)32-11-9-31(10-12-32)15-19-3-1-2-4-20(19)16-33-27(34)24-17-5-6-18(13-17)25(24)28(33)35/h7-8,14,17-20,34-35H,1-6,9-13,15-16H2/t17?,18?,19-,20-/m0/s1. The van der Waals surface area contributed by atoms with Crippen LogP contribution in [-0.4, -0.2) is 56.8 Å². The number of hydrogen-bond acceptors (Lipinski definition) is 6. The van der Waals surface area contributed by atoms with Crippen LogP contribution < -0.4 is 4.90 Å². The van der Waals surface area contributed by atoms with E-state index in [0.717, 1.165) is 85.6 Å². The highest BCUT2D eigenvalue weighted by Gasteiger charge is 2.44. The van der Waals surface area contributed by atoms with Gasteiger partial charge in [-0.25, -0.2) is 4.39 Å². The van der Waals surface area contributed by atoms with Gasteiger partial charge in [0, 0.05) is 55.8 Å². The van der Waals surface area contributed by atoms with Gasteiger partial charge in [0.1, 0.15) is 11.6 Å². The fraction of sp³-hybridized carbons (Fsp3) is 0.607. The molecule has 2 bridgehead atoms. The van der Waals surface area contributed by atoms with E-state index in [1.54, 1.807) is 6.07 Å². The number of halogens is 1. The van der Waals surface area contributed by atoms with Crippen molar-refractivity contribution in [1.29, 1.82) is 0 Å². The van der Waals surface area contributed by atoms with Gasteiger partial charge >= 0.3 is 0 Å². The van der Waals surface area contributed by atoms with Crippen LogP contribution in [0.5, 0.6) is 11.8 Å². The molecule has 0 radical (unpaired) electrons. The van der Waals surface area contributed by atoms with Gasteiger partial charge in [-0.15, -0.1) is 0 Å². The third-order valence-corrected chi connectivity index (χ3v) is 10.4. The summed E-state index contributed by atoms with van der Waals surface area (Å²) in [6, 6.07) is 4.96. The number of aromatic nitrogens is 2. The van der Waals surface area contributed by atoms with Crippen molar-refractivity contribution >= 4 is 27.4 Å². The Hall–Kier alpha value is -2.32. The minimum absolute atomic E-state index is 0.205. The second-order valence-corrected chi connectivity index (χ2v) is 12.3. The second-order valence-electron chi connectivity index (χ2n) is 11.5. The summed E-state index contributed by atoms with van der Waals surface area (Å²) >= 11 is 1.38. The minimum Gasteiger partial charge on any atom is -0.494 e. The van der Waals surface area contributed by atoms with E-state index < -0.39 is 0 Å². The van der Waals surface area contributed by atoms with Crippen LogP contribution in [0.15, 0.2) is 18.2 Å². The smallest absolute Gasteiger partial charge is 0.197 e. The summed E-state index contributed by atoms with van der Waals surface area (Å²) in [4.78, 5) is 4.93. The van der Waals surface area contributed by atoms with E-state index in [1.165, 1.54) is 43.3 Å². The Labute approximate surface area is 215 Å². The van der Waals surface area contributed by atoms with Crippen molar-refractivity contribution in [3.63, 3.8) is 0 Å². The van der Waals surface area contributed by atoms with Crippen molar-refractivity contribution in [2.75, 3.05) is 37.6 Å². The van der Waals surface area contributed by atoms with Crippen molar-refractivity contribution < 1.29 is 14.6 Å². The molecule has 1 aromatic carbocycles. The quantitative estimate of drug-likeness (QED) is 0.465. The van der Waals surface area contributed by atoms with Crippen LogP contribution in [-0.2, 0) is 6.54 Å². The summed E-state index contributed by atoms with van der Waals surface area (Å²) in [6.45, 7) is 5.68. The molecule has 7 rings (SSSR count). The summed E-state index contributed by atoms with van der Waals surface area (Å²) < 4.78 is 21.0. The van der Waals surface area contributed by atoms with E-state index in [0.29, 0.717) is 35.4 Å². The Bertz CT molecular complexity index is 1250. The number of benzene rings is 1. The van der Waals surface area contributed by atoms with Gasteiger partial charge in [-0.2, -0.15) is 4.37 Å². The first-order valence-corrected chi connectivity index (χ1v) is 14.5. The molecule has 2 N–H and O–H groups in total. The van der Waals surface area contributed by atoms with Gasteiger partial charge in [-0.3, -0.25) is 9.47 Å². The van der Waals surface area contributed by atoms with Gasteiger partial charge in [-0.1, -0.05) is 12.8 Å². The first-order valence-electron chi connectivity index (χ1n) is 13.7. The van der Waals surface area contributed by atoms with Crippen LogP contribution in [0.2, 0.25) is 0 Å². The largest absolute Gasteiger partial charge is 0.494 e. The molecule has 4 aliphatic rings. The van der Waals surface area contributed by atoms with Gasteiger partial charge in [0.15, 0.2) is 11.8 Å². The zero-order valence-corrected chi connectivity index (χ0v) is 21.5. The van der Waals surface area contributed by atoms with Crippen LogP contribution >= 0.6 is 11.5 Å². The Kier molecular flexibility index (Phi) is 5.65. The van der Waals surface area contributed by atoms with E-state index in [9.17, 15) is 14.6 Å². The average Bonchev–Trinajstić information content (AvgIpc) is 3.66. The topological polar surface area (TPSA) is 64.8 Å². The number of piperazine rings is 1. The zero-order valence-electron chi connectivity index (χ0n) is 20.7. The molecule has 3 heterocycles. The van der Waals surface area contributed by atoms with Crippen molar-refractivity contribution in [3.05, 3.63) is 35.1 Å². The summed E-state index contributed by atoms with van der Waals surface area (Å²) in [5.41, 5.74) is 2.12. The molecular weight excluding hydrogens is 475 g/mol. The predicted molar refractivity (Wildman–Crippen MR) is 141 cm³/mol. The minimum atomic E-state index is -0.205. The summed E-state index contributed by atoms with van der Waals surface area (Å²) in [5.74, 6) is 3.45. The normalized spacial score (nSPS) is 28.3. The number of rotatable bonds is 5. The highest BCUT2D eigenvalue weighted by Crippen LogP contribution is 2.60. The molecule has 192 valence electrons. The molecule has 4 atom stereocenters. The monoisotopic (exact) mass is 510 g/mol. The van der Waals surface area contributed by atoms with Gasteiger partial charge in [0.2, 0.25) is 0 Å². The van der Waals surface area contributed by atoms with Gasteiger partial charge in [0.25, 0.3) is 0 Å². The molecule has 36 heavy (non-hydrogen) atoms. The summed E-state index contributed by atoms with van der Waals surface area (Å²) in [6.07, 6.45) is 8.31. The van der Waals surface area contributed by atoms with E-state index in [4.69, 9.17) is 0 Å². The lowest BCUT2D eigenvalue weighted by Gasteiger charge is -2.40. The lowest BCUT2D eigenvalue weighted by molar-refractivity contribution is 0.130. The lowest BCUT2D eigenvalue weighted by Crippen LogP contribution is -2.49. The number of fused-ring (bicyclic) bond motifs is 6. The zero-order chi connectivity index (χ0) is 24.4. The summed E-state index contributed by atoms with van der Waals surface area (Å²) in [5, 5.41) is 23.2. The van der Waals surface area contributed by atoms with E-state index in [-0.39, 0.29) is 5.82 Å². The molecule has 3 aromatic rings. The first-order chi connectivity index (χ1) is 17.6. The highest BCUT2D eigenvalue weighted by molar-refractivity contribution is 7.13. The summed E-state index contributed by atoms with van der Waals surface area (Å²) in [7, 11) is 0. The van der Waals surface area contributed by atoms with Gasteiger partial charge < -0.3 is 15.1 Å². The maximum absolute atomic E-state index is 13.6. The van der Waals surface area contributed by atoms with Crippen molar-refractivity contribution in [1.82, 2.24) is 13.8 Å². The first kappa shape index (κ1) is 22.8. The molecule has 2 aromatic heterocycles. The molecule has 0 amide bonds. The Balaban J connectivity index is 1.02. The Morgan fingerprint density at radius 2 is 1.56 bits per heavy atom. The van der Waals surface area contributed by atoms with Crippen LogP contribution in [0.3, 0.4) is 0 Å². The van der Waals surface area contributed by atoms with E-state index in [1.807, 2.05) is 10.6 Å². The highest BCUT2D eigenvalue weighted by atomic mass is 32.1. The molecule has 2 unspecified atom stereocenters. The van der Waals surface area contributed by atoms with Gasteiger partial charge in [-0.05, 0) is 85.5 Å². The van der Waals surface area contributed by atoms with Crippen molar-refractivity contribution in [3.8, 4) is 11.8 Å². The Morgan fingerprint density at radius 3 is 2.25 bits per heavy atom. The molecule has 6 nitrogen and oxygen atoms in total.